The second-order valence-corrected chi connectivity index (χ2v) is 5.42. The molecule has 1 unspecified atom stereocenters. The number of aryl methyl sites for hydroxylation is 1. The summed E-state index contributed by atoms with van der Waals surface area (Å²) < 4.78 is 6.41. The molecule has 4 heteroatoms. The van der Waals surface area contributed by atoms with Crippen molar-refractivity contribution in [2.75, 3.05) is 6.61 Å². The molecule has 1 aromatic rings. The molecule has 0 saturated carbocycles. The van der Waals surface area contributed by atoms with Crippen LogP contribution in [0.1, 0.15) is 25.8 Å². The summed E-state index contributed by atoms with van der Waals surface area (Å²) in [7, 11) is 0. The van der Waals surface area contributed by atoms with Crippen LogP contribution < -0.4 is 4.74 Å². The van der Waals surface area contributed by atoms with Gasteiger partial charge in [0.25, 0.3) is 0 Å². The zero-order valence-corrected chi connectivity index (χ0v) is 12.6. The predicted molar refractivity (Wildman–Crippen MR) is 73.8 cm³/mol. The van der Waals surface area contributed by atoms with Crippen molar-refractivity contribution in [2.24, 2.45) is 5.92 Å². The highest BCUT2D eigenvalue weighted by Gasteiger charge is 2.13. The van der Waals surface area contributed by atoms with Crippen molar-refractivity contribution in [1.29, 1.82) is 0 Å². The largest absolute Gasteiger partial charge is 0.484 e. The molecule has 0 N–H and O–H groups in total. The summed E-state index contributed by atoms with van der Waals surface area (Å²) in [6.07, 6.45) is 0.829. The van der Waals surface area contributed by atoms with Crippen LogP contribution >= 0.6 is 27.5 Å². The Morgan fingerprint density at radius 2 is 2.18 bits per heavy atom. The number of carbonyl (C=O) groups is 1. The number of hydrogen-bond donors (Lipinski definition) is 0. The number of ketones is 1. The first kappa shape index (κ1) is 14.5. The van der Waals surface area contributed by atoms with Gasteiger partial charge in [-0.2, -0.15) is 0 Å². The van der Waals surface area contributed by atoms with Gasteiger partial charge in [-0.15, -0.1) is 0 Å². The van der Waals surface area contributed by atoms with Crippen LogP contribution in [0.15, 0.2) is 16.6 Å². The summed E-state index contributed by atoms with van der Waals surface area (Å²) in [5.74, 6) is 0.724. The fourth-order valence-corrected chi connectivity index (χ4v) is 2.41. The molecule has 1 atom stereocenters. The van der Waals surface area contributed by atoms with Gasteiger partial charge in [-0.05, 0) is 31.0 Å². The Hall–Kier alpha value is -0.540. The van der Waals surface area contributed by atoms with E-state index in [0.29, 0.717) is 10.8 Å². The van der Waals surface area contributed by atoms with Crippen LogP contribution in [0.25, 0.3) is 0 Å². The standard InChI is InChI=1S/C13H16BrClO2/c1-4-8(2)12(16)7-17-13-9(3)5-10(14)6-11(13)15/h5-6,8H,4,7H2,1-3H3. The van der Waals surface area contributed by atoms with E-state index in [1.807, 2.05) is 26.8 Å². The maximum Gasteiger partial charge on any atom is 0.172 e. The van der Waals surface area contributed by atoms with E-state index in [1.54, 1.807) is 6.07 Å². The molecule has 0 spiro atoms. The minimum absolute atomic E-state index is 0.0320. The van der Waals surface area contributed by atoms with E-state index in [-0.39, 0.29) is 18.3 Å². The number of rotatable bonds is 5. The van der Waals surface area contributed by atoms with Crippen molar-refractivity contribution in [3.8, 4) is 5.75 Å². The minimum Gasteiger partial charge on any atom is -0.484 e. The normalized spacial score (nSPS) is 12.3. The third-order valence-corrected chi connectivity index (χ3v) is 3.45. The number of hydrogen-bond acceptors (Lipinski definition) is 2. The predicted octanol–water partition coefficient (Wildman–Crippen LogP) is 4.40. The van der Waals surface area contributed by atoms with Crippen molar-refractivity contribution < 1.29 is 9.53 Å². The molecule has 1 aromatic carbocycles. The van der Waals surface area contributed by atoms with Gasteiger partial charge in [-0.3, -0.25) is 4.79 Å². The molecule has 2 nitrogen and oxygen atoms in total. The number of Topliss-reactive ketones (excluding diaryl/α,β-unsaturated/α-hetero) is 1. The maximum atomic E-state index is 11.7. The zero-order valence-electron chi connectivity index (χ0n) is 10.2. The van der Waals surface area contributed by atoms with E-state index in [1.165, 1.54) is 0 Å². The molecule has 17 heavy (non-hydrogen) atoms. The number of ether oxygens (including phenoxy) is 1. The molecule has 0 aliphatic rings. The van der Waals surface area contributed by atoms with Crippen LogP contribution in [0, 0.1) is 12.8 Å². The van der Waals surface area contributed by atoms with E-state index in [4.69, 9.17) is 16.3 Å². The van der Waals surface area contributed by atoms with Crippen molar-refractivity contribution >= 4 is 33.3 Å². The molecule has 0 bridgehead atoms. The second kappa shape index (κ2) is 6.41. The molecule has 0 heterocycles. The summed E-state index contributed by atoms with van der Waals surface area (Å²) in [5.41, 5.74) is 0.918. The molecule has 0 amide bonds. The van der Waals surface area contributed by atoms with Gasteiger partial charge in [0.15, 0.2) is 5.78 Å². The number of halogens is 2. The number of benzene rings is 1. The van der Waals surface area contributed by atoms with Gasteiger partial charge in [0, 0.05) is 10.4 Å². The second-order valence-electron chi connectivity index (χ2n) is 4.10. The monoisotopic (exact) mass is 318 g/mol. The first-order valence-electron chi connectivity index (χ1n) is 5.56. The van der Waals surface area contributed by atoms with Crippen molar-refractivity contribution in [3.63, 3.8) is 0 Å². The lowest BCUT2D eigenvalue weighted by molar-refractivity contribution is -0.124. The van der Waals surface area contributed by atoms with E-state index < -0.39 is 0 Å². The molecule has 0 aliphatic carbocycles. The highest BCUT2D eigenvalue weighted by molar-refractivity contribution is 9.10. The van der Waals surface area contributed by atoms with Gasteiger partial charge >= 0.3 is 0 Å². The fourth-order valence-electron chi connectivity index (χ4n) is 1.39. The summed E-state index contributed by atoms with van der Waals surface area (Å²) in [4.78, 5) is 11.7. The SMILES string of the molecule is CCC(C)C(=O)COc1c(C)cc(Br)cc1Cl. The molecular weight excluding hydrogens is 303 g/mol. The maximum absolute atomic E-state index is 11.7. The van der Waals surface area contributed by atoms with Crippen LogP contribution in [0.2, 0.25) is 5.02 Å². The summed E-state index contributed by atoms with van der Waals surface area (Å²) >= 11 is 9.42. The van der Waals surface area contributed by atoms with Crippen molar-refractivity contribution in [1.82, 2.24) is 0 Å². The average molecular weight is 320 g/mol. The fraction of sp³-hybridized carbons (Fsp3) is 0.462. The molecular formula is C13H16BrClO2. The zero-order chi connectivity index (χ0) is 13.0. The van der Waals surface area contributed by atoms with E-state index in [9.17, 15) is 4.79 Å². The van der Waals surface area contributed by atoms with Gasteiger partial charge in [0.05, 0.1) is 5.02 Å². The first-order valence-corrected chi connectivity index (χ1v) is 6.74. The number of carbonyl (C=O) groups excluding carboxylic acids is 1. The molecule has 0 radical (unpaired) electrons. The van der Waals surface area contributed by atoms with Crippen LogP contribution in [0.4, 0.5) is 0 Å². The summed E-state index contributed by atoms with van der Waals surface area (Å²) in [5, 5.41) is 0.522. The molecule has 1 rings (SSSR count). The smallest absolute Gasteiger partial charge is 0.172 e. The van der Waals surface area contributed by atoms with Gasteiger partial charge in [0.1, 0.15) is 12.4 Å². The van der Waals surface area contributed by atoms with Gasteiger partial charge < -0.3 is 4.74 Å². The molecule has 0 fully saturated rings. The average Bonchev–Trinajstić information content (AvgIpc) is 2.26. The van der Waals surface area contributed by atoms with E-state index in [0.717, 1.165) is 16.5 Å². The minimum atomic E-state index is 0.0320. The van der Waals surface area contributed by atoms with Gasteiger partial charge in [-0.1, -0.05) is 41.4 Å². The van der Waals surface area contributed by atoms with Crippen molar-refractivity contribution in [2.45, 2.75) is 27.2 Å². The quantitative estimate of drug-likeness (QED) is 0.804. The third-order valence-electron chi connectivity index (χ3n) is 2.71. The van der Waals surface area contributed by atoms with Crippen LogP contribution in [0.5, 0.6) is 5.75 Å². The Morgan fingerprint density at radius 3 is 2.71 bits per heavy atom. The van der Waals surface area contributed by atoms with Crippen LogP contribution in [-0.2, 0) is 4.79 Å². The Morgan fingerprint density at radius 1 is 1.53 bits per heavy atom. The molecule has 0 saturated heterocycles. The topological polar surface area (TPSA) is 26.3 Å². The Kier molecular flexibility index (Phi) is 5.47. The third kappa shape index (κ3) is 4.00. The lowest BCUT2D eigenvalue weighted by Crippen LogP contribution is -2.19. The van der Waals surface area contributed by atoms with Crippen LogP contribution in [0.3, 0.4) is 0 Å². The molecule has 0 aromatic heterocycles. The lowest BCUT2D eigenvalue weighted by atomic mass is 10.0. The Bertz CT molecular complexity index is 395. The van der Waals surface area contributed by atoms with Crippen molar-refractivity contribution in [3.05, 3.63) is 27.2 Å². The van der Waals surface area contributed by atoms with Gasteiger partial charge in [-0.25, -0.2) is 0 Å². The molecule has 94 valence electrons. The Balaban J connectivity index is 2.73. The summed E-state index contributed by atoms with van der Waals surface area (Å²) in [6, 6.07) is 3.67. The molecule has 0 aliphatic heterocycles. The lowest BCUT2D eigenvalue weighted by Gasteiger charge is -2.13. The Labute approximate surface area is 115 Å². The highest BCUT2D eigenvalue weighted by atomic mass is 79.9. The van der Waals surface area contributed by atoms with E-state index in [2.05, 4.69) is 15.9 Å². The van der Waals surface area contributed by atoms with Crippen LogP contribution in [-0.4, -0.2) is 12.4 Å². The first-order chi connectivity index (χ1) is 7.95. The van der Waals surface area contributed by atoms with Gasteiger partial charge in [0.2, 0.25) is 0 Å². The summed E-state index contributed by atoms with van der Waals surface area (Å²) in [6.45, 7) is 5.87. The highest BCUT2D eigenvalue weighted by Crippen LogP contribution is 2.32. The van der Waals surface area contributed by atoms with E-state index >= 15 is 0 Å².